The molecule has 0 bridgehead atoms. The fourth-order valence-corrected chi connectivity index (χ4v) is 3.08. The first-order valence-corrected chi connectivity index (χ1v) is 7.23. The Hall–Kier alpha value is -1.92. The van der Waals surface area contributed by atoms with Gasteiger partial charge in [0.2, 0.25) is 0 Å². The molecule has 0 amide bonds. The number of nitrogens with one attached hydrogen (secondary N) is 1. The predicted molar refractivity (Wildman–Crippen MR) is 81.1 cm³/mol. The molecule has 110 valence electrons. The Morgan fingerprint density at radius 1 is 1.24 bits per heavy atom. The predicted octanol–water partition coefficient (Wildman–Crippen LogP) is 4.17. The van der Waals surface area contributed by atoms with Gasteiger partial charge in [0.05, 0.1) is 14.7 Å². The molecule has 6 heteroatoms. The molecule has 0 fully saturated rings. The summed E-state index contributed by atoms with van der Waals surface area (Å²) in [5, 5.41) is 14.1. The lowest BCUT2D eigenvalue weighted by Crippen LogP contribution is -2.13. The van der Waals surface area contributed by atoms with E-state index >= 15 is 0 Å². The highest BCUT2D eigenvalue weighted by atomic mass is 32.2. The van der Waals surface area contributed by atoms with Crippen molar-refractivity contribution in [3.63, 3.8) is 0 Å². The summed E-state index contributed by atoms with van der Waals surface area (Å²) in [7, 11) is 1.79. The zero-order valence-corrected chi connectivity index (χ0v) is 12.5. The Bertz CT molecular complexity index is 664. The lowest BCUT2D eigenvalue weighted by Gasteiger charge is -2.16. The highest BCUT2D eigenvalue weighted by molar-refractivity contribution is 7.99. The van der Waals surface area contributed by atoms with E-state index in [0.717, 1.165) is 17.3 Å². The second-order valence-corrected chi connectivity index (χ2v) is 5.55. The van der Waals surface area contributed by atoms with Gasteiger partial charge in [-0.15, -0.1) is 0 Å². The number of nitro groups is 1. The van der Waals surface area contributed by atoms with Crippen LogP contribution in [-0.4, -0.2) is 12.0 Å². The fourth-order valence-electron chi connectivity index (χ4n) is 1.93. The van der Waals surface area contributed by atoms with Crippen LogP contribution in [0.5, 0.6) is 0 Å². The fraction of sp³-hybridized carbons (Fsp3) is 0.200. The van der Waals surface area contributed by atoms with Crippen LogP contribution in [0.3, 0.4) is 0 Å². The maximum Gasteiger partial charge on any atom is 0.283 e. The zero-order chi connectivity index (χ0) is 15.4. The van der Waals surface area contributed by atoms with Gasteiger partial charge in [0.1, 0.15) is 5.82 Å². The quantitative estimate of drug-likeness (QED) is 0.665. The van der Waals surface area contributed by atoms with Crippen LogP contribution in [0, 0.1) is 15.9 Å². The number of para-hydroxylation sites is 1. The van der Waals surface area contributed by atoms with E-state index in [-0.39, 0.29) is 17.5 Å². The lowest BCUT2D eigenvalue weighted by atomic mass is 10.1. The largest absolute Gasteiger partial charge is 0.313 e. The molecule has 21 heavy (non-hydrogen) atoms. The van der Waals surface area contributed by atoms with Gasteiger partial charge < -0.3 is 5.32 Å². The van der Waals surface area contributed by atoms with E-state index in [1.807, 2.05) is 13.0 Å². The summed E-state index contributed by atoms with van der Waals surface area (Å²) < 4.78 is 14.1. The summed E-state index contributed by atoms with van der Waals surface area (Å²) in [6.07, 6.45) is 0. The number of nitro benzene ring substituents is 1. The molecule has 0 heterocycles. The smallest absolute Gasteiger partial charge is 0.283 e. The van der Waals surface area contributed by atoms with Crippen molar-refractivity contribution < 1.29 is 9.31 Å². The van der Waals surface area contributed by atoms with E-state index in [1.165, 1.54) is 12.1 Å². The number of nitrogens with zero attached hydrogens (tertiary/aromatic N) is 1. The van der Waals surface area contributed by atoms with Gasteiger partial charge in [0.25, 0.3) is 5.69 Å². The summed E-state index contributed by atoms with van der Waals surface area (Å²) in [5.74, 6) is -0.377. The van der Waals surface area contributed by atoms with Crippen molar-refractivity contribution in [3.05, 3.63) is 64.0 Å². The Kier molecular flexibility index (Phi) is 4.93. The summed E-state index contributed by atoms with van der Waals surface area (Å²) in [4.78, 5) is 11.4. The zero-order valence-electron chi connectivity index (χ0n) is 11.7. The van der Waals surface area contributed by atoms with Crippen LogP contribution in [-0.2, 0) is 0 Å². The third-order valence-corrected chi connectivity index (χ3v) is 4.37. The molecule has 0 radical (unpaired) electrons. The molecule has 0 spiro atoms. The maximum absolute atomic E-state index is 14.1. The molecule has 4 nitrogen and oxygen atoms in total. The molecule has 0 aliphatic carbocycles. The molecule has 0 saturated heterocycles. The Morgan fingerprint density at radius 3 is 2.62 bits per heavy atom. The minimum atomic E-state index is -0.454. The van der Waals surface area contributed by atoms with Gasteiger partial charge >= 0.3 is 0 Å². The third kappa shape index (κ3) is 3.40. The third-order valence-electron chi connectivity index (χ3n) is 3.17. The highest BCUT2D eigenvalue weighted by Gasteiger charge is 2.19. The Labute approximate surface area is 126 Å². The van der Waals surface area contributed by atoms with Crippen molar-refractivity contribution >= 4 is 17.4 Å². The standard InChI is InChI=1S/C15H15FN2O2S/c1-10(17-2)11-6-5-7-12(16)15(11)21-14-9-4-3-8-13(14)18(19)20/h3-10,17H,1-2H3. The van der Waals surface area contributed by atoms with Crippen molar-refractivity contribution in [2.75, 3.05) is 7.05 Å². The van der Waals surface area contributed by atoms with Crippen molar-refractivity contribution in [1.82, 2.24) is 5.32 Å². The van der Waals surface area contributed by atoms with Crippen LogP contribution in [0.25, 0.3) is 0 Å². The first-order valence-electron chi connectivity index (χ1n) is 6.41. The van der Waals surface area contributed by atoms with Gasteiger partial charge in [-0.25, -0.2) is 4.39 Å². The second-order valence-electron chi connectivity index (χ2n) is 4.50. The number of hydrogen-bond acceptors (Lipinski definition) is 4. The average molecular weight is 306 g/mol. The van der Waals surface area contributed by atoms with E-state index < -0.39 is 4.92 Å². The number of benzene rings is 2. The van der Waals surface area contributed by atoms with Crippen molar-refractivity contribution in [2.45, 2.75) is 22.8 Å². The summed E-state index contributed by atoms with van der Waals surface area (Å²) >= 11 is 1.08. The van der Waals surface area contributed by atoms with Crippen molar-refractivity contribution in [3.8, 4) is 0 Å². The summed E-state index contributed by atoms with van der Waals surface area (Å²) in [6.45, 7) is 1.91. The Morgan fingerprint density at radius 2 is 1.95 bits per heavy atom. The molecule has 0 saturated carbocycles. The minimum absolute atomic E-state index is 0.0196. The number of rotatable bonds is 5. The van der Waals surface area contributed by atoms with Gasteiger partial charge in [0, 0.05) is 12.1 Å². The first-order chi connectivity index (χ1) is 10.0. The molecular formula is C15H15FN2O2S. The van der Waals surface area contributed by atoms with Crippen molar-refractivity contribution in [2.24, 2.45) is 0 Å². The van der Waals surface area contributed by atoms with Gasteiger partial charge in [0.15, 0.2) is 0 Å². The average Bonchev–Trinajstić information content (AvgIpc) is 2.48. The monoisotopic (exact) mass is 306 g/mol. The van der Waals surface area contributed by atoms with Crippen molar-refractivity contribution in [1.29, 1.82) is 0 Å². The highest BCUT2D eigenvalue weighted by Crippen LogP contribution is 2.39. The molecular weight excluding hydrogens is 291 g/mol. The van der Waals surface area contributed by atoms with Crippen LogP contribution in [0.1, 0.15) is 18.5 Å². The molecule has 1 atom stereocenters. The molecule has 2 rings (SSSR count). The SMILES string of the molecule is CNC(C)c1cccc(F)c1Sc1ccccc1[N+](=O)[O-]. The number of halogens is 1. The molecule has 0 aliphatic heterocycles. The van der Waals surface area contributed by atoms with E-state index in [1.54, 1.807) is 31.3 Å². The summed E-state index contributed by atoms with van der Waals surface area (Å²) in [5.41, 5.74) is 0.759. The first kappa shape index (κ1) is 15.5. The van der Waals surface area contributed by atoms with Gasteiger partial charge in [-0.3, -0.25) is 10.1 Å². The molecule has 1 N–H and O–H groups in total. The molecule has 2 aromatic rings. The topological polar surface area (TPSA) is 55.2 Å². The van der Waals surface area contributed by atoms with Crippen LogP contribution in [0.4, 0.5) is 10.1 Å². The molecule has 0 aliphatic rings. The van der Waals surface area contributed by atoms with E-state index in [0.29, 0.717) is 9.79 Å². The Balaban J connectivity index is 2.47. The van der Waals surface area contributed by atoms with E-state index in [9.17, 15) is 14.5 Å². The van der Waals surface area contributed by atoms with Gasteiger partial charge in [-0.05, 0) is 31.7 Å². The van der Waals surface area contributed by atoms with Gasteiger partial charge in [-0.1, -0.05) is 36.0 Å². The van der Waals surface area contributed by atoms with E-state index in [2.05, 4.69) is 5.32 Å². The second kappa shape index (κ2) is 6.69. The maximum atomic E-state index is 14.1. The van der Waals surface area contributed by atoms with Crippen LogP contribution < -0.4 is 5.32 Å². The van der Waals surface area contributed by atoms with Gasteiger partial charge in [-0.2, -0.15) is 0 Å². The minimum Gasteiger partial charge on any atom is -0.313 e. The molecule has 0 aromatic heterocycles. The normalized spacial score (nSPS) is 12.1. The molecule has 1 unspecified atom stereocenters. The molecule has 2 aromatic carbocycles. The van der Waals surface area contributed by atoms with E-state index in [4.69, 9.17) is 0 Å². The summed E-state index contributed by atoms with van der Waals surface area (Å²) in [6, 6.07) is 11.1. The number of hydrogen-bond donors (Lipinski definition) is 1. The van der Waals surface area contributed by atoms with Crippen LogP contribution in [0.15, 0.2) is 52.3 Å². The van der Waals surface area contributed by atoms with Crippen LogP contribution >= 0.6 is 11.8 Å². The van der Waals surface area contributed by atoms with Crippen LogP contribution in [0.2, 0.25) is 0 Å². The lowest BCUT2D eigenvalue weighted by molar-refractivity contribution is -0.387.